The molecule has 1 N–H and O–H groups in total. The molecule has 1 aliphatic carbocycles. The standard InChI is InChI=1S/C11H15FN2/c1-11(2)4-3-10(11)14-9-5-8(12)6-13-7-9/h5-7,10,14H,3-4H2,1-2H3. The molecule has 1 atom stereocenters. The van der Waals surface area contributed by atoms with Gasteiger partial charge in [-0.2, -0.15) is 0 Å². The molecular formula is C11H15FN2. The molecule has 1 heterocycles. The van der Waals surface area contributed by atoms with Gasteiger partial charge in [0, 0.05) is 12.1 Å². The molecule has 76 valence electrons. The number of rotatable bonds is 2. The van der Waals surface area contributed by atoms with E-state index in [1.807, 2.05) is 0 Å². The zero-order valence-electron chi connectivity index (χ0n) is 8.55. The lowest BCUT2D eigenvalue weighted by molar-refractivity contribution is 0.160. The molecule has 0 amide bonds. The van der Waals surface area contributed by atoms with Crippen LogP contribution in [0.4, 0.5) is 10.1 Å². The number of hydrogen-bond acceptors (Lipinski definition) is 2. The smallest absolute Gasteiger partial charge is 0.143 e. The highest BCUT2D eigenvalue weighted by molar-refractivity contribution is 5.42. The molecule has 14 heavy (non-hydrogen) atoms. The van der Waals surface area contributed by atoms with Gasteiger partial charge >= 0.3 is 0 Å². The molecule has 3 heteroatoms. The van der Waals surface area contributed by atoms with Gasteiger partial charge in [-0.25, -0.2) is 4.39 Å². The molecule has 0 aliphatic heterocycles. The zero-order valence-corrected chi connectivity index (χ0v) is 8.55. The van der Waals surface area contributed by atoms with Crippen molar-refractivity contribution in [2.75, 3.05) is 5.32 Å². The second-order valence-electron chi connectivity index (χ2n) is 4.62. The van der Waals surface area contributed by atoms with E-state index in [1.54, 1.807) is 6.20 Å². The molecule has 1 saturated carbocycles. The summed E-state index contributed by atoms with van der Waals surface area (Å²) in [5.74, 6) is -0.285. The Morgan fingerprint density at radius 2 is 2.29 bits per heavy atom. The summed E-state index contributed by atoms with van der Waals surface area (Å²) in [5.41, 5.74) is 1.11. The third-order valence-electron chi connectivity index (χ3n) is 3.07. The fourth-order valence-corrected chi connectivity index (χ4v) is 1.83. The number of hydrogen-bond donors (Lipinski definition) is 1. The van der Waals surface area contributed by atoms with Gasteiger partial charge in [-0.05, 0) is 18.3 Å². The fourth-order valence-electron chi connectivity index (χ4n) is 1.83. The molecule has 1 aliphatic rings. The highest BCUT2D eigenvalue weighted by atomic mass is 19.1. The van der Waals surface area contributed by atoms with Crippen molar-refractivity contribution in [3.8, 4) is 0 Å². The van der Waals surface area contributed by atoms with Crippen molar-refractivity contribution in [1.82, 2.24) is 4.98 Å². The highest BCUT2D eigenvalue weighted by Crippen LogP contribution is 2.41. The number of nitrogens with one attached hydrogen (secondary N) is 1. The Hall–Kier alpha value is -1.12. The second-order valence-corrected chi connectivity index (χ2v) is 4.62. The van der Waals surface area contributed by atoms with E-state index in [0.717, 1.165) is 12.1 Å². The van der Waals surface area contributed by atoms with Crippen molar-refractivity contribution in [2.24, 2.45) is 5.41 Å². The minimum Gasteiger partial charge on any atom is -0.380 e. The van der Waals surface area contributed by atoms with E-state index in [0.29, 0.717) is 11.5 Å². The monoisotopic (exact) mass is 194 g/mol. The van der Waals surface area contributed by atoms with Crippen molar-refractivity contribution >= 4 is 5.69 Å². The summed E-state index contributed by atoms with van der Waals surface area (Å²) < 4.78 is 12.8. The fraction of sp³-hybridized carbons (Fsp3) is 0.545. The maximum Gasteiger partial charge on any atom is 0.143 e. The molecule has 0 radical (unpaired) electrons. The van der Waals surface area contributed by atoms with Gasteiger partial charge in [0.25, 0.3) is 0 Å². The Morgan fingerprint density at radius 1 is 1.50 bits per heavy atom. The van der Waals surface area contributed by atoms with E-state index >= 15 is 0 Å². The third kappa shape index (κ3) is 1.72. The van der Waals surface area contributed by atoms with Gasteiger partial charge in [-0.15, -0.1) is 0 Å². The van der Waals surface area contributed by atoms with E-state index in [1.165, 1.54) is 18.7 Å². The summed E-state index contributed by atoms with van der Waals surface area (Å²) in [7, 11) is 0. The van der Waals surface area contributed by atoms with Crippen LogP contribution in [0.15, 0.2) is 18.5 Å². The maximum absolute atomic E-state index is 12.8. The molecule has 2 rings (SSSR count). The Bertz CT molecular complexity index is 336. The van der Waals surface area contributed by atoms with E-state index < -0.39 is 0 Å². The number of anilines is 1. The predicted octanol–water partition coefficient (Wildman–Crippen LogP) is 2.82. The molecule has 2 nitrogen and oxygen atoms in total. The summed E-state index contributed by atoms with van der Waals surface area (Å²) in [4.78, 5) is 3.81. The average molecular weight is 194 g/mol. The molecule has 0 spiro atoms. The SMILES string of the molecule is CC1(C)CCC1Nc1cncc(F)c1. The van der Waals surface area contributed by atoms with Crippen molar-refractivity contribution in [3.63, 3.8) is 0 Å². The van der Waals surface area contributed by atoms with Crippen molar-refractivity contribution in [2.45, 2.75) is 32.7 Å². The van der Waals surface area contributed by atoms with Crippen LogP contribution in [-0.4, -0.2) is 11.0 Å². The highest BCUT2D eigenvalue weighted by Gasteiger charge is 2.38. The minimum atomic E-state index is -0.285. The first-order valence-corrected chi connectivity index (χ1v) is 4.95. The Kier molecular flexibility index (Phi) is 2.17. The van der Waals surface area contributed by atoms with Gasteiger partial charge in [0.2, 0.25) is 0 Å². The van der Waals surface area contributed by atoms with Crippen LogP contribution >= 0.6 is 0 Å². The zero-order chi connectivity index (χ0) is 10.2. The van der Waals surface area contributed by atoms with Crippen molar-refractivity contribution in [1.29, 1.82) is 0 Å². The van der Waals surface area contributed by atoms with Gasteiger partial charge in [-0.3, -0.25) is 4.98 Å². The quantitative estimate of drug-likeness (QED) is 0.783. The molecule has 0 saturated heterocycles. The summed E-state index contributed by atoms with van der Waals surface area (Å²) in [6.45, 7) is 4.45. The molecule has 0 aromatic carbocycles. The average Bonchev–Trinajstić information content (AvgIpc) is 2.13. The topological polar surface area (TPSA) is 24.9 Å². The molecule has 0 bridgehead atoms. The first-order valence-electron chi connectivity index (χ1n) is 4.95. The lowest BCUT2D eigenvalue weighted by Crippen LogP contribution is -2.45. The summed E-state index contributed by atoms with van der Waals surface area (Å²) in [5, 5.41) is 3.31. The number of pyridine rings is 1. The molecule has 1 unspecified atom stereocenters. The first kappa shape index (κ1) is 9.44. The number of halogens is 1. The Morgan fingerprint density at radius 3 is 2.79 bits per heavy atom. The van der Waals surface area contributed by atoms with E-state index in [-0.39, 0.29) is 5.82 Å². The first-order chi connectivity index (χ1) is 6.58. The van der Waals surface area contributed by atoms with E-state index in [4.69, 9.17) is 0 Å². The lowest BCUT2D eigenvalue weighted by atomic mass is 9.67. The number of nitrogens with zero attached hydrogens (tertiary/aromatic N) is 1. The van der Waals surface area contributed by atoms with E-state index in [2.05, 4.69) is 24.1 Å². The van der Waals surface area contributed by atoms with Crippen LogP contribution in [0.5, 0.6) is 0 Å². The predicted molar refractivity (Wildman–Crippen MR) is 54.6 cm³/mol. The van der Waals surface area contributed by atoms with Gasteiger partial charge in [0.05, 0.1) is 18.1 Å². The van der Waals surface area contributed by atoms with Crippen molar-refractivity contribution < 1.29 is 4.39 Å². The van der Waals surface area contributed by atoms with Gasteiger partial charge in [0.1, 0.15) is 5.82 Å². The summed E-state index contributed by atoms with van der Waals surface area (Å²) in [6, 6.07) is 1.94. The van der Waals surface area contributed by atoms with Crippen LogP contribution in [0, 0.1) is 11.2 Å². The normalized spacial score (nSPS) is 24.1. The van der Waals surface area contributed by atoms with Crippen LogP contribution in [0.2, 0.25) is 0 Å². The largest absolute Gasteiger partial charge is 0.380 e. The van der Waals surface area contributed by atoms with Crippen LogP contribution < -0.4 is 5.32 Å². The Labute approximate surface area is 83.6 Å². The third-order valence-corrected chi connectivity index (χ3v) is 3.07. The molecule has 1 aromatic heterocycles. The van der Waals surface area contributed by atoms with Gasteiger partial charge < -0.3 is 5.32 Å². The summed E-state index contributed by atoms with van der Waals surface area (Å²) in [6.07, 6.45) is 5.27. The summed E-state index contributed by atoms with van der Waals surface area (Å²) >= 11 is 0. The Balaban J connectivity index is 2.05. The lowest BCUT2D eigenvalue weighted by Gasteiger charge is -2.45. The molecule has 1 fully saturated rings. The molecule has 1 aromatic rings. The van der Waals surface area contributed by atoms with Crippen LogP contribution in [0.3, 0.4) is 0 Å². The second kappa shape index (κ2) is 3.23. The van der Waals surface area contributed by atoms with E-state index in [9.17, 15) is 4.39 Å². The van der Waals surface area contributed by atoms with Crippen LogP contribution in [0.1, 0.15) is 26.7 Å². The van der Waals surface area contributed by atoms with Gasteiger partial charge in [0.15, 0.2) is 0 Å². The van der Waals surface area contributed by atoms with Crippen LogP contribution in [0.25, 0.3) is 0 Å². The van der Waals surface area contributed by atoms with Crippen molar-refractivity contribution in [3.05, 3.63) is 24.3 Å². The maximum atomic E-state index is 12.8. The minimum absolute atomic E-state index is 0.285. The molecular weight excluding hydrogens is 179 g/mol. The number of aromatic nitrogens is 1. The van der Waals surface area contributed by atoms with Gasteiger partial charge in [-0.1, -0.05) is 13.8 Å². The van der Waals surface area contributed by atoms with Crippen LogP contribution in [-0.2, 0) is 0 Å².